The number of hydrogen-bond acceptors (Lipinski definition) is 4. The number of furan rings is 1. The molecule has 1 saturated carbocycles. The Bertz CT molecular complexity index is 963. The van der Waals surface area contributed by atoms with Crippen LogP contribution in [0.5, 0.6) is 0 Å². The molecule has 1 aromatic heterocycles. The number of carboxylic acids is 1. The van der Waals surface area contributed by atoms with Gasteiger partial charge in [0.15, 0.2) is 5.76 Å². The lowest BCUT2D eigenvalue weighted by atomic mass is 9.82. The standard InChI is InChI=1S/C21H20N2O5/c1-11-9-14(6-7-15(11)23-19(24)16-3-2-8-28-16)22-20(25)17-12-4-5-13(10-12)18(17)21(26)27/h2-9,12-13,17-18H,10H2,1H3,(H,22,25)(H,23,24)(H,26,27). The Morgan fingerprint density at radius 3 is 2.46 bits per heavy atom. The Labute approximate surface area is 161 Å². The zero-order valence-electron chi connectivity index (χ0n) is 15.2. The first-order valence-electron chi connectivity index (χ1n) is 9.11. The highest BCUT2D eigenvalue weighted by atomic mass is 16.4. The average molecular weight is 380 g/mol. The third kappa shape index (κ3) is 3.19. The minimum Gasteiger partial charge on any atom is -0.481 e. The van der Waals surface area contributed by atoms with E-state index in [1.165, 1.54) is 6.26 Å². The summed E-state index contributed by atoms with van der Waals surface area (Å²) in [5.74, 6) is -2.70. The number of nitrogens with one attached hydrogen (secondary N) is 2. The second-order valence-corrected chi connectivity index (χ2v) is 7.29. The van der Waals surface area contributed by atoms with Crippen LogP contribution in [-0.4, -0.2) is 22.9 Å². The van der Waals surface area contributed by atoms with Crippen molar-refractivity contribution in [2.75, 3.05) is 10.6 Å². The fourth-order valence-corrected chi connectivity index (χ4v) is 4.22. The van der Waals surface area contributed by atoms with Crippen LogP contribution in [0.1, 0.15) is 22.5 Å². The van der Waals surface area contributed by atoms with Crippen LogP contribution >= 0.6 is 0 Å². The number of fused-ring (bicyclic) bond motifs is 2. The summed E-state index contributed by atoms with van der Waals surface area (Å²) in [7, 11) is 0. The molecular weight excluding hydrogens is 360 g/mol. The minimum atomic E-state index is -0.927. The number of hydrogen-bond donors (Lipinski definition) is 3. The number of benzene rings is 1. The minimum absolute atomic E-state index is 0.0287. The van der Waals surface area contributed by atoms with Crippen molar-refractivity contribution in [2.24, 2.45) is 23.7 Å². The molecule has 1 fully saturated rings. The van der Waals surface area contributed by atoms with Gasteiger partial charge in [0.05, 0.1) is 18.1 Å². The van der Waals surface area contributed by atoms with Crippen LogP contribution in [0.2, 0.25) is 0 Å². The number of anilines is 2. The molecule has 2 aromatic rings. The first-order valence-corrected chi connectivity index (χ1v) is 9.11. The predicted molar refractivity (Wildman–Crippen MR) is 102 cm³/mol. The van der Waals surface area contributed by atoms with E-state index < -0.39 is 17.8 Å². The molecule has 2 aliphatic carbocycles. The summed E-state index contributed by atoms with van der Waals surface area (Å²) >= 11 is 0. The number of amides is 2. The SMILES string of the molecule is Cc1cc(NC(=O)C2C3C=CC(C3)C2C(=O)O)ccc1NC(=O)c1ccco1. The molecule has 2 bridgehead atoms. The molecule has 0 spiro atoms. The van der Waals surface area contributed by atoms with Crippen molar-refractivity contribution in [2.45, 2.75) is 13.3 Å². The van der Waals surface area contributed by atoms with Gasteiger partial charge in [-0.1, -0.05) is 12.2 Å². The maximum atomic E-state index is 12.8. The van der Waals surface area contributed by atoms with Crippen molar-refractivity contribution in [1.29, 1.82) is 0 Å². The van der Waals surface area contributed by atoms with E-state index in [1.54, 1.807) is 30.3 Å². The summed E-state index contributed by atoms with van der Waals surface area (Å²) in [5, 5.41) is 15.1. The molecular formula is C21H20N2O5. The lowest BCUT2D eigenvalue weighted by molar-refractivity contribution is -0.146. The van der Waals surface area contributed by atoms with E-state index in [0.717, 1.165) is 5.56 Å². The van der Waals surface area contributed by atoms with E-state index >= 15 is 0 Å². The highest BCUT2D eigenvalue weighted by Crippen LogP contribution is 2.48. The van der Waals surface area contributed by atoms with Crippen molar-refractivity contribution in [1.82, 2.24) is 0 Å². The number of aryl methyl sites for hydroxylation is 1. The van der Waals surface area contributed by atoms with Crippen molar-refractivity contribution >= 4 is 29.2 Å². The highest BCUT2D eigenvalue weighted by Gasteiger charge is 2.51. The first kappa shape index (κ1) is 18.0. The van der Waals surface area contributed by atoms with Gasteiger partial charge in [-0.05, 0) is 61.1 Å². The normalized spacial score (nSPS) is 24.9. The number of carbonyl (C=O) groups excluding carboxylic acids is 2. The number of carbonyl (C=O) groups is 3. The molecule has 4 unspecified atom stereocenters. The zero-order valence-corrected chi connectivity index (χ0v) is 15.2. The summed E-state index contributed by atoms with van der Waals surface area (Å²) in [6.07, 6.45) is 6.00. The topological polar surface area (TPSA) is 109 Å². The Kier molecular flexibility index (Phi) is 4.50. The van der Waals surface area contributed by atoms with E-state index in [9.17, 15) is 19.5 Å². The van der Waals surface area contributed by atoms with E-state index in [4.69, 9.17) is 4.42 Å². The van der Waals surface area contributed by atoms with Gasteiger partial charge >= 0.3 is 5.97 Å². The van der Waals surface area contributed by atoms with E-state index in [0.29, 0.717) is 17.8 Å². The van der Waals surface area contributed by atoms with Crippen molar-refractivity contribution in [3.8, 4) is 0 Å². The fourth-order valence-electron chi connectivity index (χ4n) is 4.22. The molecule has 0 saturated heterocycles. The van der Waals surface area contributed by atoms with E-state index in [2.05, 4.69) is 10.6 Å². The quantitative estimate of drug-likeness (QED) is 0.690. The van der Waals surface area contributed by atoms with Gasteiger partial charge in [-0.2, -0.15) is 0 Å². The molecule has 2 aliphatic rings. The smallest absolute Gasteiger partial charge is 0.307 e. The summed E-state index contributed by atoms with van der Waals surface area (Å²) in [6.45, 7) is 1.81. The van der Waals surface area contributed by atoms with Crippen LogP contribution in [0.3, 0.4) is 0 Å². The Morgan fingerprint density at radius 1 is 1.07 bits per heavy atom. The molecule has 2 amide bonds. The monoisotopic (exact) mass is 380 g/mol. The molecule has 4 atom stereocenters. The number of aliphatic carboxylic acids is 1. The largest absolute Gasteiger partial charge is 0.481 e. The maximum Gasteiger partial charge on any atom is 0.307 e. The molecule has 144 valence electrons. The summed E-state index contributed by atoms with van der Waals surface area (Å²) in [6, 6.07) is 8.33. The molecule has 7 heteroatoms. The Morgan fingerprint density at radius 2 is 1.82 bits per heavy atom. The summed E-state index contributed by atoms with van der Waals surface area (Å²) < 4.78 is 5.07. The van der Waals surface area contributed by atoms with Gasteiger partial charge in [0.2, 0.25) is 5.91 Å². The molecule has 4 rings (SSSR count). The second-order valence-electron chi connectivity index (χ2n) is 7.29. The summed E-state index contributed by atoms with van der Waals surface area (Å²) in [5.41, 5.74) is 1.93. The van der Waals surface area contributed by atoms with Crippen molar-refractivity contribution < 1.29 is 23.9 Å². The molecule has 1 aromatic carbocycles. The van der Waals surface area contributed by atoms with Crippen LogP contribution in [-0.2, 0) is 9.59 Å². The molecule has 28 heavy (non-hydrogen) atoms. The third-order valence-electron chi connectivity index (χ3n) is 5.53. The fraction of sp³-hybridized carbons (Fsp3) is 0.286. The summed E-state index contributed by atoms with van der Waals surface area (Å²) in [4.78, 5) is 36.5. The van der Waals surface area contributed by atoms with Crippen molar-refractivity contribution in [3.05, 3.63) is 60.1 Å². The number of carboxylic acid groups (broad SMARTS) is 1. The Balaban J connectivity index is 1.46. The lowest BCUT2D eigenvalue weighted by Crippen LogP contribution is -2.36. The molecule has 7 nitrogen and oxygen atoms in total. The second kappa shape index (κ2) is 6.99. The molecule has 3 N–H and O–H groups in total. The van der Waals surface area contributed by atoms with Gasteiger partial charge in [0.25, 0.3) is 5.91 Å². The van der Waals surface area contributed by atoms with Gasteiger partial charge in [-0.3, -0.25) is 14.4 Å². The molecule has 0 radical (unpaired) electrons. The Hall–Kier alpha value is -3.35. The van der Waals surface area contributed by atoms with Gasteiger partial charge in [-0.15, -0.1) is 0 Å². The van der Waals surface area contributed by atoms with Gasteiger partial charge in [0.1, 0.15) is 0 Å². The highest BCUT2D eigenvalue weighted by molar-refractivity contribution is 6.03. The van der Waals surface area contributed by atoms with Crippen LogP contribution in [0.4, 0.5) is 11.4 Å². The zero-order chi connectivity index (χ0) is 19.8. The van der Waals surface area contributed by atoms with Crippen LogP contribution in [0.15, 0.2) is 53.2 Å². The van der Waals surface area contributed by atoms with Gasteiger partial charge < -0.3 is 20.2 Å². The van der Waals surface area contributed by atoms with Crippen LogP contribution in [0, 0.1) is 30.6 Å². The van der Waals surface area contributed by atoms with E-state index in [1.807, 2.05) is 19.1 Å². The van der Waals surface area contributed by atoms with Gasteiger partial charge in [-0.25, -0.2) is 0 Å². The van der Waals surface area contributed by atoms with Crippen LogP contribution < -0.4 is 10.6 Å². The van der Waals surface area contributed by atoms with Crippen LogP contribution in [0.25, 0.3) is 0 Å². The lowest BCUT2D eigenvalue weighted by Gasteiger charge is -2.24. The molecule has 0 aliphatic heterocycles. The van der Waals surface area contributed by atoms with E-state index in [-0.39, 0.29) is 29.4 Å². The van der Waals surface area contributed by atoms with Gasteiger partial charge in [0, 0.05) is 11.4 Å². The number of allylic oxidation sites excluding steroid dienone is 2. The first-order chi connectivity index (χ1) is 13.4. The van der Waals surface area contributed by atoms with Crippen molar-refractivity contribution in [3.63, 3.8) is 0 Å². The number of rotatable bonds is 5. The maximum absolute atomic E-state index is 12.8. The third-order valence-corrected chi connectivity index (χ3v) is 5.53. The average Bonchev–Trinajstić information content (AvgIpc) is 3.40. The predicted octanol–water partition coefficient (Wildman–Crippen LogP) is 3.30. The molecule has 1 heterocycles.